The zero-order valence-corrected chi connectivity index (χ0v) is 11.2. The lowest BCUT2D eigenvalue weighted by molar-refractivity contribution is -0.688. The lowest BCUT2D eigenvalue weighted by Crippen LogP contribution is -2.33. The molecule has 0 saturated carbocycles. The molecule has 0 unspecified atom stereocenters. The normalized spacial score (nSPS) is 10.5. The Bertz CT molecular complexity index is 445. The summed E-state index contributed by atoms with van der Waals surface area (Å²) >= 11 is 0. The molecule has 1 heterocycles. The van der Waals surface area contributed by atoms with Gasteiger partial charge in [-0.1, -0.05) is 50.1 Å². The molecule has 0 N–H and O–H groups in total. The fourth-order valence-electron chi connectivity index (χ4n) is 2.13. The van der Waals surface area contributed by atoms with Gasteiger partial charge >= 0.3 is 0 Å². The van der Waals surface area contributed by atoms with Crippen LogP contribution in [0.4, 0.5) is 0 Å². The summed E-state index contributed by atoms with van der Waals surface area (Å²) in [6.45, 7) is 3.20. The molecule has 1 aromatic carbocycles. The van der Waals surface area contributed by atoms with Crippen molar-refractivity contribution in [1.82, 2.24) is 0 Å². The largest absolute Gasteiger partial charge is 0.201 e. The minimum absolute atomic E-state index is 0.954. The van der Waals surface area contributed by atoms with E-state index in [1.165, 1.54) is 36.8 Å². The zero-order valence-electron chi connectivity index (χ0n) is 11.2. The first-order valence-electron chi connectivity index (χ1n) is 6.90. The van der Waals surface area contributed by atoms with E-state index in [2.05, 4.69) is 66.3 Å². The summed E-state index contributed by atoms with van der Waals surface area (Å²) in [4.78, 5) is 0. The van der Waals surface area contributed by atoms with Crippen molar-refractivity contribution in [2.24, 2.45) is 0 Å². The molecule has 1 nitrogen and oxygen atoms in total. The summed E-state index contributed by atoms with van der Waals surface area (Å²) in [5, 5.41) is 0. The van der Waals surface area contributed by atoms with Crippen LogP contribution in [-0.4, -0.2) is 0 Å². The quantitative estimate of drug-likeness (QED) is 0.535. The molecule has 94 valence electrons. The SMILES string of the molecule is CCCCCc1cc[n+](Cc2ccccc2)cc1. The second kappa shape index (κ2) is 6.95. The van der Waals surface area contributed by atoms with Gasteiger partial charge < -0.3 is 0 Å². The van der Waals surface area contributed by atoms with Gasteiger partial charge in [0, 0.05) is 17.7 Å². The maximum absolute atomic E-state index is 2.25. The van der Waals surface area contributed by atoms with E-state index in [9.17, 15) is 0 Å². The third-order valence-corrected chi connectivity index (χ3v) is 3.24. The average molecular weight is 240 g/mol. The molecule has 0 aliphatic rings. The maximum atomic E-state index is 2.25. The van der Waals surface area contributed by atoms with Gasteiger partial charge in [0.05, 0.1) is 0 Å². The van der Waals surface area contributed by atoms with Crippen LogP contribution >= 0.6 is 0 Å². The van der Waals surface area contributed by atoms with Crippen LogP contribution in [0.1, 0.15) is 37.3 Å². The molecule has 0 aliphatic carbocycles. The summed E-state index contributed by atoms with van der Waals surface area (Å²) in [6, 6.07) is 15.1. The van der Waals surface area contributed by atoms with E-state index in [-0.39, 0.29) is 0 Å². The zero-order chi connectivity index (χ0) is 12.6. The van der Waals surface area contributed by atoms with Gasteiger partial charge in [0.1, 0.15) is 0 Å². The molecule has 0 bridgehead atoms. The van der Waals surface area contributed by atoms with Crippen molar-refractivity contribution in [3.8, 4) is 0 Å². The molecule has 0 aliphatic heterocycles. The summed E-state index contributed by atoms with van der Waals surface area (Å²) in [6.07, 6.45) is 9.52. The molecular formula is C17H22N+. The fraction of sp³-hybridized carbons (Fsp3) is 0.353. The van der Waals surface area contributed by atoms with Gasteiger partial charge in [0.25, 0.3) is 0 Å². The first kappa shape index (κ1) is 12.8. The summed E-state index contributed by atoms with van der Waals surface area (Å²) in [7, 11) is 0. The third kappa shape index (κ3) is 3.99. The summed E-state index contributed by atoms with van der Waals surface area (Å²) in [5.41, 5.74) is 2.80. The minimum Gasteiger partial charge on any atom is -0.201 e. The van der Waals surface area contributed by atoms with Crippen LogP contribution in [-0.2, 0) is 13.0 Å². The topological polar surface area (TPSA) is 3.88 Å². The molecule has 18 heavy (non-hydrogen) atoms. The molecule has 0 spiro atoms. The highest BCUT2D eigenvalue weighted by molar-refractivity contribution is 5.13. The average Bonchev–Trinajstić information content (AvgIpc) is 2.42. The van der Waals surface area contributed by atoms with E-state index in [4.69, 9.17) is 0 Å². The van der Waals surface area contributed by atoms with Gasteiger partial charge in [0.2, 0.25) is 0 Å². The number of hydrogen-bond donors (Lipinski definition) is 0. The molecule has 2 rings (SSSR count). The van der Waals surface area contributed by atoms with Gasteiger partial charge in [-0.15, -0.1) is 0 Å². The van der Waals surface area contributed by atoms with Crippen molar-refractivity contribution in [2.45, 2.75) is 39.2 Å². The number of rotatable bonds is 6. The number of hydrogen-bond acceptors (Lipinski definition) is 0. The van der Waals surface area contributed by atoms with Crippen LogP contribution in [0, 0.1) is 0 Å². The molecule has 0 amide bonds. The van der Waals surface area contributed by atoms with Crippen LogP contribution in [0.5, 0.6) is 0 Å². The Morgan fingerprint density at radius 3 is 2.22 bits per heavy atom. The minimum atomic E-state index is 0.954. The number of pyridine rings is 1. The Labute approximate surface area is 110 Å². The second-order valence-electron chi connectivity index (χ2n) is 4.82. The van der Waals surface area contributed by atoms with Crippen LogP contribution in [0.2, 0.25) is 0 Å². The second-order valence-corrected chi connectivity index (χ2v) is 4.82. The molecule has 0 radical (unpaired) electrons. The number of aromatic nitrogens is 1. The van der Waals surface area contributed by atoms with Crippen molar-refractivity contribution in [1.29, 1.82) is 0 Å². The van der Waals surface area contributed by atoms with Gasteiger partial charge in [-0.05, 0) is 18.4 Å². The van der Waals surface area contributed by atoms with Gasteiger partial charge in [-0.3, -0.25) is 0 Å². The first-order valence-corrected chi connectivity index (χ1v) is 6.90. The van der Waals surface area contributed by atoms with Crippen molar-refractivity contribution in [3.05, 3.63) is 66.0 Å². The smallest absolute Gasteiger partial charge is 0.173 e. The van der Waals surface area contributed by atoms with E-state index in [1.807, 2.05) is 0 Å². The Balaban J connectivity index is 1.91. The summed E-state index contributed by atoms with van der Waals surface area (Å²) < 4.78 is 2.23. The van der Waals surface area contributed by atoms with Crippen LogP contribution in [0.3, 0.4) is 0 Å². The predicted molar refractivity (Wildman–Crippen MR) is 75.4 cm³/mol. The van der Waals surface area contributed by atoms with E-state index in [0.717, 1.165) is 6.54 Å². The van der Waals surface area contributed by atoms with E-state index in [1.54, 1.807) is 0 Å². The number of aryl methyl sites for hydroxylation is 1. The monoisotopic (exact) mass is 240 g/mol. The van der Waals surface area contributed by atoms with Gasteiger partial charge in [-0.25, -0.2) is 4.57 Å². The molecular weight excluding hydrogens is 218 g/mol. The Hall–Kier alpha value is -1.63. The number of unbranched alkanes of at least 4 members (excludes halogenated alkanes) is 2. The molecule has 2 aromatic rings. The van der Waals surface area contributed by atoms with Crippen molar-refractivity contribution >= 4 is 0 Å². The van der Waals surface area contributed by atoms with Crippen LogP contribution in [0.25, 0.3) is 0 Å². The first-order chi connectivity index (χ1) is 8.88. The Morgan fingerprint density at radius 1 is 0.833 bits per heavy atom. The molecule has 0 saturated heterocycles. The third-order valence-electron chi connectivity index (χ3n) is 3.24. The fourth-order valence-corrected chi connectivity index (χ4v) is 2.13. The van der Waals surface area contributed by atoms with E-state index in [0.29, 0.717) is 0 Å². The number of benzene rings is 1. The molecule has 1 aromatic heterocycles. The Morgan fingerprint density at radius 2 is 1.56 bits per heavy atom. The molecule has 0 atom stereocenters. The highest BCUT2D eigenvalue weighted by Crippen LogP contribution is 2.04. The number of nitrogens with zero attached hydrogens (tertiary/aromatic N) is 1. The summed E-state index contributed by atoms with van der Waals surface area (Å²) in [5.74, 6) is 0. The lowest BCUT2D eigenvalue weighted by Gasteiger charge is -2.01. The highest BCUT2D eigenvalue weighted by atomic mass is 14.9. The molecule has 1 heteroatoms. The molecule has 0 fully saturated rings. The van der Waals surface area contributed by atoms with E-state index >= 15 is 0 Å². The van der Waals surface area contributed by atoms with Crippen LogP contribution < -0.4 is 4.57 Å². The maximum Gasteiger partial charge on any atom is 0.173 e. The highest BCUT2D eigenvalue weighted by Gasteiger charge is 2.02. The predicted octanol–water partition coefficient (Wildman–Crippen LogP) is 3.76. The van der Waals surface area contributed by atoms with Crippen molar-refractivity contribution in [3.63, 3.8) is 0 Å². The Kier molecular flexibility index (Phi) is 4.95. The van der Waals surface area contributed by atoms with Gasteiger partial charge in [0.15, 0.2) is 18.9 Å². The standard InChI is InChI=1S/C17H22N/c1-2-3-5-8-16-11-13-18(14-12-16)15-17-9-6-4-7-10-17/h4,6-7,9-14H,2-3,5,8,15H2,1H3/q+1. The van der Waals surface area contributed by atoms with Crippen molar-refractivity contribution in [2.75, 3.05) is 0 Å². The van der Waals surface area contributed by atoms with E-state index < -0.39 is 0 Å². The van der Waals surface area contributed by atoms with Gasteiger partial charge in [-0.2, -0.15) is 0 Å². The lowest BCUT2D eigenvalue weighted by atomic mass is 10.1. The van der Waals surface area contributed by atoms with Crippen LogP contribution in [0.15, 0.2) is 54.9 Å². The van der Waals surface area contributed by atoms with Crippen molar-refractivity contribution < 1.29 is 4.57 Å².